The molecule has 1 atom stereocenters. The molecule has 2 bridgehead atoms. The van der Waals surface area contributed by atoms with E-state index in [4.69, 9.17) is 5.10 Å². The third-order valence-corrected chi connectivity index (χ3v) is 6.08. The van der Waals surface area contributed by atoms with E-state index >= 15 is 0 Å². The van der Waals surface area contributed by atoms with Crippen molar-refractivity contribution in [3.63, 3.8) is 0 Å². The molecule has 1 aromatic heterocycles. The van der Waals surface area contributed by atoms with Crippen molar-refractivity contribution in [3.8, 4) is 0 Å². The van der Waals surface area contributed by atoms with E-state index in [1.165, 1.54) is 49.9 Å². The van der Waals surface area contributed by atoms with Crippen LogP contribution in [0.2, 0.25) is 0 Å². The van der Waals surface area contributed by atoms with Crippen molar-refractivity contribution < 1.29 is 4.79 Å². The van der Waals surface area contributed by atoms with Gasteiger partial charge < -0.3 is 4.90 Å². The summed E-state index contributed by atoms with van der Waals surface area (Å²) in [6, 6.07) is 4.15. The van der Waals surface area contributed by atoms with Crippen molar-refractivity contribution in [2.24, 2.45) is 0 Å². The number of amides is 1. The van der Waals surface area contributed by atoms with Gasteiger partial charge in [-0.25, -0.2) is 0 Å². The van der Waals surface area contributed by atoms with Crippen molar-refractivity contribution in [1.29, 1.82) is 0 Å². The minimum Gasteiger partial charge on any atom is -0.339 e. The van der Waals surface area contributed by atoms with Crippen LogP contribution in [0.1, 0.15) is 69.3 Å². The number of rotatable bonds is 3. The highest BCUT2D eigenvalue weighted by Gasteiger charge is 2.37. The van der Waals surface area contributed by atoms with Gasteiger partial charge in [0.1, 0.15) is 0 Å². The van der Waals surface area contributed by atoms with Gasteiger partial charge in [-0.2, -0.15) is 5.10 Å². The average molecular weight is 316 g/mol. The van der Waals surface area contributed by atoms with Crippen LogP contribution in [0.15, 0.2) is 6.07 Å². The molecule has 2 fully saturated rings. The molecule has 0 aromatic carbocycles. The zero-order valence-electron chi connectivity index (χ0n) is 14.2. The number of nitrogens with zero attached hydrogens (tertiary/aromatic N) is 4. The Labute approximate surface area is 138 Å². The molecule has 3 aliphatic heterocycles. The van der Waals surface area contributed by atoms with E-state index in [1.54, 1.807) is 0 Å². The van der Waals surface area contributed by atoms with E-state index in [0.717, 1.165) is 38.0 Å². The largest absolute Gasteiger partial charge is 0.339 e. The molecule has 4 rings (SSSR count). The minimum atomic E-state index is 0.398. The van der Waals surface area contributed by atoms with Crippen molar-refractivity contribution in [3.05, 3.63) is 17.5 Å². The summed E-state index contributed by atoms with van der Waals surface area (Å²) in [4.78, 5) is 15.8. The molecule has 4 heterocycles. The van der Waals surface area contributed by atoms with Gasteiger partial charge >= 0.3 is 0 Å². The second-order valence-corrected chi connectivity index (χ2v) is 7.51. The number of carbonyl (C=O) groups is 1. The van der Waals surface area contributed by atoms with Crippen LogP contribution >= 0.6 is 0 Å². The van der Waals surface area contributed by atoms with Gasteiger partial charge in [-0.15, -0.1) is 0 Å². The normalized spacial score (nSPS) is 29.7. The molecule has 1 unspecified atom stereocenters. The van der Waals surface area contributed by atoms with Gasteiger partial charge in [-0.1, -0.05) is 12.8 Å². The maximum Gasteiger partial charge on any atom is 0.210 e. The lowest BCUT2D eigenvalue weighted by molar-refractivity contribution is -0.118. The van der Waals surface area contributed by atoms with Crippen LogP contribution in [0.25, 0.3) is 0 Å². The first-order valence-corrected chi connectivity index (χ1v) is 9.29. The number of aromatic nitrogens is 2. The standard InChI is InChI=1S/C18H28N4O/c1-14(22-15-5-2-6-16(22)8-3-7-15)18-11-17-12-20(13-23)9-4-10-21(17)19-18/h11,13-16H,2-10,12H2,1H3. The van der Waals surface area contributed by atoms with Crippen molar-refractivity contribution in [1.82, 2.24) is 19.6 Å². The Kier molecular flexibility index (Phi) is 4.14. The molecule has 5 heteroatoms. The van der Waals surface area contributed by atoms with E-state index in [9.17, 15) is 4.79 Å². The van der Waals surface area contributed by atoms with Crippen LogP contribution in [0.5, 0.6) is 0 Å². The second-order valence-electron chi connectivity index (χ2n) is 7.51. The molecular weight excluding hydrogens is 288 g/mol. The van der Waals surface area contributed by atoms with Crippen molar-refractivity contribution in [2.45, 2.75) is 83.1 Å². The van der Waals surface area contributed by atoms with E-state index in [2.05, 4.69) is 22.6 Å². The second kappa shape index (κ2) is 6.27. The summed E-state index contributed by atoms with van der Waals surface area (Å²) < 4.78 is 2.13. The molecule has 0 aliphatic carbocycles. The Morgan fingerprint density at radius 3 is 2.48 bits per heavy atom. The molecule has 0 N–H and O–H groups in total. The lowest BCUT2D eigenvalue weighted by Gasteiger charge is -2.48. The van der Waals surface area contributed by atoms with Crippen LogP contribution < -0.4 is 0 Å². The SMILES string of the molecule is CC(c1cc2n(n1)CCCN(C=O)C2)N1C2CCCC1CCC2. The van der Waals surface area contributed by atoms with Gasteiger partial charge in [0.05, 0.1) is 24.0 Å². The summed E-state index contributed by atoms with van der Waals surface area (Å²) in [5.41, 5.74) is 2.39. The summed E-state index contributed by atoms with van der Waals surface area (Å²) in [7, 11) is 0. The highest BCUT2D eigenvalue weighted by atomic mass is 16.1. The van der Waals surface area contributed by atoms with Gasteiger partial charge in [-0.3, -0.25) is 14.4 Å². The fraction of sp³-hybridized carbons (Fsp3) is 0.778. The third kappa shape index (κ3) is 2.80. The number of hydrogen-bond acceptors (Lipinski definition) is 3. The third-order valence-electron chi connectivity index (χ3n) is 6.08. The fourth-order valence-electron chi connectivity index (χ4n) is 4.95. The molecule has 1 amide bonds. The lowest BCUT2D eigenvalue weighted by Crippen LogP contribution is -2.50. The number of piperidine rings is 2. The highest BCUT2D eigenvalue weighted by molar-refractivity contribution is 5.47. The number of fused-ring (bicyclic) bond motifs is 3. The van der Waals surface area contributed by atoms with Gasteiger partial charge in [-0.05, 0) is 45.1 Å². The molecule has 0 radical (unpaired) electrons. The molecule has 0 saturated carbocycles. The van der Waals surface area contributed by atoms with Gasteiger partial charge in [0.15, 0.2) is 0 Å². The lowest BCUT2D eigenvalue weighted by atomic mass is 9.83. The van der Waals surface area contributed by atoms with Crippen molar-refractivity contribution >= 4 is 6.41 Å². The predicted octanol–water partition coefficient (Wildman–Crippen LogP) is 2.71. The average Bonchev–Trinajstić information content (AvgIpc) is 2.85. The molecule has 3 aliphatic rings. The Bertz CT molecular complexity index is 547. The summed E-state index contributed by atoms with van der Waals surface area (Å²) in [6.45, 7) is 4.81. The Balaban J connectivity index is 1.57. The first kappa shape index (κ1) is 15.2. The molecule has 2 saturated heterocycles. The van der Waals surface area contributed by atoms with E-state index < -0.39 is 0 Å². The maximum absolute atomic E-state index is 11.1. The summed E-state index contributed by atoms with van der Waals surface area (Å²) in [5, 5.41) is 4.91. The number of carbonyl (C=O) groups excluding carboxylic acids is 1. The molecule has 1 aromatic rings. The summed E-state index contributed by atoms with van der Waals surface area (Å²) >= 11 is 0. The zero-order chi connectivity index (χ0) is 15.8. The van der Waals surface area contributed by atoms with Gasteiger partial charge in [0, 0.05) is 25.2 Å². The summed E-state index contributed by atoms with van der Waals surface area (Å²) in [6.07, 6.45) is 10.2. The maximum atomic E-state index is 11.1. The van der Waals surface area contributed by atoms with E-state index in [1.807, 2.05) is 4.90 Å². The summed E-state index contributed by atoms with van der Waals surface area (Å²) in [5.74, 6) is 0. The van der Waals surface area contributed by atoms with Crippen LogP contribution in [0.3, 0.4) is 0 Å². The molecule has 126 valence electrons. The Hall–Kier alpha value is -1.36. The van der Waals surface area contributed by atoms with Gasteiger partial charge in [0.2, 0.25) is 6.41 Å². The van der Waals surface area contributed by atoms with E-state index in [-0.39, 0.29) is 0 Å². The molecule has 5 nitrogen and oxygen atoms in total. The van der Waals surface area contributed by atoms with Gasteiger partial charge in [0.25, 0.3) is 0 Å². The minimum absolute atomic E-state index is 0.398. The quantitative estimate of drug-likeness (QED) is 0.805. The molecular formula is C18H28N4O. The number of aryl methyl sites for hydroxylation is 1. The molecule has 0 spiro atoms. The Morgan fingerprint density at radius 2 is 1.83 bits per heavy atom. The monoisotopic (exact) mass is 316 g/mol. The van der Waals surface area contributed by atoms with Crippen molar-refractivity contribution in [2.75, 3.05) is 6.54 Å². The van der Waals surface area contributed by atoms with Crippen LogP contribution in [-0.4, -0.2) is 44.6 Å². The molecule has 23 heavy (non-hydrogen) atoms. The smallest absolute Gasteiger partial charge is 0.210 e. The first-order chi connectivity index (χ1) is 11.3. The fourth-order valence-corrected chi connectivity index (χ4v) is 4.95. The van der Waals surface area contributed by atoms with Crippen LogP contribution in [0, 0.1) is 0 Å². The predicted molar refractivity (Wildman–Crippen MR) is 88.9 cm³/mol. The van der Waals surface area contributed by atoms with Crippen LogP contribution in [-0.2, 0) is 17.9 Å². The highest BCUT2D eigenvalue weighted by Crippen LogP contribution is 2.39. The topological polar surface area (TPSA) is 41.4 Å². The number of hydrogen-bond donors (Lipinski definition) is 0. The van der Waals surface area contributed by atoms with Crippen LogP contribution in [0.4, 0.5) is 0 Å². The Morgan fingerprint density at radius 1 is 1.13 bits per heavy atom. The zero-order valence-corrected chi connectivity index (χ0v) is 14.2. The van der Waals surface area contributed by atoms with E-state index in [0.29, 0.717) is 12.6 Å². The first-order valence-electron chi connectivity index (χ1n) is 9.29.